The van der Waals surface area contributed by atoms with Crippen LogP contribution in [0.25, 0.3) is 0 Å². The number of hydrogen-bond donors (Lipinski definition) is 1. The van der Waals surface area contributed by atoms with E-state index in [1.54, 1.807) is 6.92 Å². The molecule has 1 nitrogen and oxygen atoms in total. The zero-order valence-electron chi connectivity index (χ0n) is 4.74. The van der Waals surface area contributed by atoms with E-state index < -0.39 is 0 Å². The van der Waals surface area contributed by atoms with E-state index in [0.717, 1.165) is 0 Å². The summed E-state index contributed by atoms with van der Waals surface area (Å²) in [4.78, 5) is 0. The first-order chi connectivity index (χ1) is 3.70. The van der Waals surface area contributed by atoms with Crippen LogP contribution in [0.3, 0.4) is 0 Å². The van der Waals surface area contributed by atoms with Crippen LogP contribution in [0, 0.1) is 11.3 Å². The van der Waals surface area contributed by atoms with E-state index in [0.29, 0.717) is 12.1 Å². The second-order valence-electron chi connectivity index (χ2n) is 2.14. The molecule has 8 heavy (non-hydrogen) atoms. The van der Waals surface area contributed by atoms with Crippen molar-refractivity contribution >= 4 is 5.71 Å². The first-order valence-electron chi connectivity index (χ1n) is 2.61. The minimum absolute atomic E-state index is 0.00694. The third-order valence-corrected chi connectivity index (χ3v) is 1.13. The van der Waals surface area contributed by atoms with E-state index in [4.69, 9.17) is 5.41 Å². The fourth-order valence-electron chi connectivity index (χ4n) is 0.630. The maximum Gasteiger partial charge on any atom is 0.104 e. The summed E-state index contributed by atoms with van der Waals surface area (Å²) in [6.07, 6.45) is 2.11. The van der Waals surface area contributed by atoms with Crippen LogP contribution in [0.4, 0.5) is 4.39 Å². The summed E-state index contributed by atoms with van der Waals surface area (Å²) < 4.78 is 11.9. The Morgan fingerprint density at radius 3 is 2.62 bits per heavy atom. The van der Waals surface area contributed by atoms with E-state index >= 15 is 0 Å². The van der Waals surface area contributed by atoms with Crippen molar-refractivity contribution in [3.05, 3.63) is 11.9 Å². The predicted molar refractivity (Wildman–Crippen MR) is 30.7 cm³/mol. The van der Waals surface area contributed by atoms with Crippen LogP contribution in [-0.4, -0.2) is 5.71 Å². The van der Waals surface area contributed by atoms with E-state index in [2.05, 4.69) is 0 Å². The van der Waals surface area contributed by atoms with Gasteiger partial charge in [0, 0.05) is 11.6 Å². The monoisotopic (exact) mass is 113 g/mol. The molecule has 1 aliphatic carbocycles. The van der Waals surface area contributed by atoms with Gasteiger partial charge in [-0.1, -0.05) is 0 Å². The van der Waals surface area contributed by atoms with Crippen LogP contribution in [0.1, 0.15) is 13.3 Å². The van der Waals surface area contributed by atoms with E-state index in [1.807, 2.05) is 0 Å². The molecule has 0 saturated heterocycles. The van der Waals surface area contributed by atoms with Gasteiger partial charge in [0.25, 0.3) is 0 Å². The Labute approximate surface area is 47.7 Å². The molecule has 0 radical (unpaired) electrons. The number of halogens is 1. The number of hydrogen-bond acceptors (Lipinski definition) is 1. The van der Waals surface area contributed by atoms with Crippen LogP contribution >= 0.6 is 0 Å². The maximum absolute atomic E-state index is 11.9. The lowest BCUT2D eigenvalue weighted by atomic mass is 10.2. The molecule has 0 amide bonds. The summed E-state index contributed by atoms with van der Waals surface area (Å²) in [5.74, 6) is -0.0518. The molecule has 1 rings (SSSR count). The molecule has 0 aromatic carbocycles. The van der Waals surface area contributed by atoms with Crippen molar-refractivity contribution in [1.82, 2.24) is 0 Å². The molecule has 0 aliphatic heterocycles. The molecule has 2 heteroatoms. The molecule has 0 heterocycles. The van der Waals surface area contributed by atoms with E-state index in [9.17, 15) is 4.39 Å². The van der Waals surface area contributed by atoms with Gasteiger partial charge >= 0.3 is 0 Å². The lowest BCUT2D eigenvalue weighted by Crippen LogP contribution is -1.90. The van der Waals surface area contributed by atoms with Gasteiger partial charge in [-0.15, -0.1) is 0 Å². The largest absolute Gasteiger partial charge is 0.310 e. The molecule has 1 N–H and O–H groups in total. The Balaban J connectivity index is 2.17. The van der Waals surface area contributed by atoms with Crippen LogP contribution in [-0.2, 0) is 0 Å². The van der Waals surface area contributed by atoms with Crippen molar-refractivity contribution in [1.29, 1.82) is 5.41 Å². The average Bonchev–Trinajstić information content (AvgIpc) is 2.17. The summed E-state index contributed by atoms with van der Waals surface area (Å²) in [7, 11) is 0. The average molecular weight is 113 g/mol. The van der Waals surface area contributed by atoms with Gasteiger partial charge in [-0.05, 0) is 19.4 Å². The summed E-state index contributed by atoms with van der Waals surface area (Å²) >= 11 is 0. The Bertz CT molecular complexity index is 149. The normalized spacial score (nSPS) is 24.8. The lowest BCUT2D eigenvalue weighted by Gasteiger charge is -1.90. The van der Waals surface area contributed by atoms with Gasteiger partial charge in [0.2, 0.25) is 0 Å². The lowest BCUT2D eigenvalue weighted by molar-refractivity contribution is 0.619. The van der Waals surface area contributed by atoms with Gasteiger partial charge in [0.1, 0.15) is 5.83 Å². The quantitative estimate of drug-likeness (QED) is 0.529. The highest BCUT2D eigenvalue weighted by molar-refractivity contribution is 5.79. The number of nitrogens with one attached hydrogen (secondary N) is 1. The molecule has 0 bridgehead atoms. The third-order valence-electron chi connectivity index (χ3n) is 1.13. The molecule has 1 unspecified atom stereocenters. The minimum atomic E-state index is -0.0448. The molecular weight excluding hydrogens is 105 g/mol. The summed E-state index contributed by atoms with van der Waals surface area (Å²) in [5.41, 5.74) is 0.555. The second-order valence-corrected chi connectivity index (χ2v) is 2.14. The molecular formula is C6H8FN. The molecule has 0 aromatic heterocycles. The maximum atomic E-state index is 11.9. The van der Waals surface area contributed by atoms with Crippen molar-refractivity contribution in [3.8, 4) is 0 Å². The second kappa shape index (κ2) is 1.69. The Morgan fingerprint density at radius 1 is 2.00 bits per heavy atom. The highest BCUT2D eigenvalue weighted by Gasteiger charge is 2.24. The van der Waals surface area contributed by atoms with Crippen LogP contribution in [0.5, 0.6) is 0 Å². The Hall–Kier alpha value is -0.660. The number of allylic oxidation sites excluding steroid dienone is 2. The van der Waals surface area contributed by atoms with Crippen LogP contribution < -0.4 is 0 Å². The SMILES string of the molecule is CC(=N)CC1C=C1F. The van der Waals surface area contributed by atoms with Crippen molar-refractivity contribution < 1.29 is 4.39 Å². The topological polar surface area (TPSA) is 23.9 Å². The van der Waals surface area contributed by atoms with Gasteiger partial charge in [-0.3, -0.25) is 0 Å². The van der Waals surface area contributed by atoms with Gasteiger partial charge in [0.15, 0.2) is 0 Å². The summed E-state index contributed by atoms with van der Waals surface area (Å²) in [5, 5.41) is 6.95. The first-order valence-corrected chi connectivity index (χ1v) is 2.61. The Kier molecular flexibility index (Phi) is 1.16. The standard InChI is InChI=1S/C6H8FN/c1-4(8)2-5-3-6(5)7/h3,5,8H,2H2,1H3. The van der Waals surface area contributed by atoms with Crippen molar-refractivity contribution in [2.24, 2.45) is 5.92 Å². The van der Waals surface area contributed by atoms with Crippen molar-refractivity contribution in [3.63, 3.8) is 0 Å². The fraction of sp³-hybridized carbons (Fsp3) is 0.500. The van der Waals surface area contributed by atoms with Gasteiger partial charge in [-0.25, -0.2) is 4.39 Å². The number of rotatable bonds is 2. The zero-order chi connectivity index (χ0) is 6.15. The van der Waals surface area contributed by atoms with Gasteiger partial charge in [0.05, 0.1) is 0 Å². The van der Waals surface area contributed by atoms with E-state index in [-0.39, 0.29) is 11.7 Å². The summed E-state index contributed by atoms with van der Waals surface area (Å²) in [6.45, 7) is 1.69. The van der Waals surface area contributed by atoms with Crippen LogP contribution in [0.15, 0.2) is 11.9 Å². The molecule has 1 aliphatic rings. The van der Waals surface area contributed by atoms with Crippen LogP contribution in [0.2, 0.25) is 0 Å². The van der Waals surface area contributed by atoms with E-state index in [1.165, 1.54) is 6.08 Å². The van der Waals surface area contributed by atoms with Crippen molar-refractivity contribution in [2.75, 3.05) is 0 Å². The first kappa shape index (κ1) is 5.48. The molecule has 0 spiro atoms. The Morgan fingerprint density at radius 2 is 2.50 bits per heavy atom. The van der Waals surface area contributed by atoms with Gasteiger partial charge in [-0.2, -0.15) is 0 Å². The molecule has 0 saturated carbocycles. The predicted octanol–water partition coefficient (Wildman–Crippen LogP) is 1.90. The summed E-state index contributed by atoms with van der Waals surface area (Å²) in [6, 6.07) is 0. The highest BCUT2D eigenvalue weighted by Crippen LogP contribution is 2.32. The van der Waals surface area contributed by atoms with Gasteiger partial charge < -0.3 is 5.41 Å². The molecule has 0 aromatic rings. The highest BCUT2D eigenvalue weighted by atomic mass is 19.1. The smallest absolute Gasteiger partial charge is 0.104 e. The minimum Gasteiger partial charge on any atom is -0.310 e. The van der Waals surface area contributed by atoms with Crippen molar-refractivity contribution in [2.45, 2.75) is 13.3 Å². The fourth-order valence-corrected chi connectivity index (χ4v) is 0.630. The molecule has 0 fully saturated rings. The third kappa shape index (κ3) is 1.15. The zero-order valence-corrected chi connectivity index (χ0v) is 4.74. The molecule has 1 atom stereocenters. The molecule has 44 valence electrons.